The third kappa shape index (κ3) is 5.59. The Kier molecular flexibility index (Phi) is 9.09. The molecule has 0 saturated heterocycles. The van der Waals surface area contributed by atoms with Crippen molar-refractivity contribution in [3.05, 3.63) is 52.4 Å². The molecule has 0 bridgehead atoms. The summed E-state index contributed by atoms with van der Waals surface area (Å²) in [5.74, 6) is -2.81. The second-order valence-electron chi connectivity index (χ2n) is 8.90. The molecular formula is C27H35NO7. The van der Waals surface area contributed by atoms with Gasteiger partial charge in [0.1, 0.15) is 18.3 Å². The Hall–Kier alpha value is -3.13. The van der Waals surface area contributed by atoms with Crippen LogP contribution in [-0.2, 0) is 28.6 Å². The number of carbonyl (C=O) groups excluding carboxylic acids is 3. The van der Waals surface area contributed by atoms with E-state index < -0.39 is 23.8 Å². The molecule has 8 heteroatoms. The topological polar surface area (TPSA) is 100 Å². The number of ketones is 1. The second-order valence-corrected chi connectivity index (χ2v) is 8.90. The number of hydrogen-bond acceptors (Lipinski definition) is 8. The summed E-state index contributed by atoms with van der Waals surface area (Å²) in [6.07, 6.45) is 2.31. The molecular weight excluding hydrogens is 450 g/mol. The Morgan fingerprint density at radius 2 is 1.86 bits per heavy atom. The molecule has 1 aliphatic carbocycles. The van der Waals surface area contributed by atoms with Crippen LogP contribution in [-0.4, -0.2) is 51.8 Å². The molecule has 190 valence electrons. The maximum Gasteiger partial charge on any atom is 0.336 e. The van der Waals surface area contributed by atoms with Gasteiger partial charge in [0, 0.05) is 29.6 Å². The third-order valence-electron chi connectivity index (χ3n) is 6.47. The molecule has 35 heavy (non-hydrogen) atoms. The van der Waals surface area contributed by atoms with Crippen LogP contribution in [0.5, 0.6) is 5.75 Å². The number of ether oxygens (including phenoxy) is 4. The molecule has 1 aliphatic heterocycles. The highest BCUT2D eigenvalue weighted by Gasteiger charge is 2.47. The number of unbranched alkanes of at least 4 members (excludes halogenated alkanes) is 1. The van der Waals surface area contributed by atoms with Crippen LogP contribution in [0.4, 0.5) is 0 Å². The summed E-state index contributed by atoms with van der Waals surface area (Å²) in [7, 11) is 2.81. The van der Waals surface area contributed by atoms with Gasteiger partial charge >= 0.3 is 11.9 Å². The van der Waals surface area contributed by atoms with Gasteiger partial charge in [-0.3, -0.25) is 9.59 Å². The number of esters is 2. The predicted octanol–water partition coefficient (Wildman–Crippen LogP) is 3.67. The fraction of sp³-hybridized carbons (Fsp3) is 0.519. The summed E-state index contributed by atoms with van der Waals surface area (Å²) < 4.78 is 21.5. The lowest BCUT2D eigenvalue weighted by Gasteiger charge is -2.38. The number of carbonyl (C=O) groups is 3. The molecule has 0 unspecified atom stereocenters. The molecule has 0 spiro atoms. The molecule has 0 radical (unpaired) electrons. The molecule has 3 atom stereocenters. The van der Waals surface area contributed by atoms with Crippen LogP contribution in [0.1, 0.15) is 51.5 Å². The molecule has 0 fully saturated rings. The average molecular weight is 486 g/mol. The molecule has 0 saturated carbocycles. The minimum Gasteiger partial charge on any atom is -0.493 e. The van der Waals surface area contributed by atoms with Crippen LogP contribution in [0, 0.1) is 11.8 Å². The molecule has 0 aromatic heterocycles. The van der Waals surface area contributed by atoms with Crippen molar-refractivity contribution in [2.24, 2.45) is 11.8 Å². The Morgan fingerprint density at radius 3 is 2.54 bits per heavy atom. The molecule has 1 heterocycles. The summed E-state index contributed by atoms with van der Waals surface area (Å²) in [4.78, 5) is 39.7. The predicted molar refractivity (Wildman–Crippen MR) is 130 cm³/mol. The van der Waals surface area contributed by atoms with Crippen LogP contribution < -0.4 is 10.1 Å². The Bertz CT molecular complexity index is 1030. The molecule has 1 N–H and O–H groups in total. The van der Waals surface area contributed by atoms with Crippen molar-refractivity contribution in [1.82, 2.24) is 5.32 Å². The fourth-order valence-corrected chi connectivity index (χ4v) is 4.73. The minimum atomic E-state index is -0.944. The maximum atomic E-state index is 13.8. The largest absolute Gasteiger partial charge is 0.493 e. The van der Waals surface area contributed by atoms with E-state index in [1.807, 2.05) is 31.2 Å². The van der Waals surface area contributed by atoms with Crippen LogP contribution >= 0.6 is 0 Å². The fourth-order valence-electron chi connectivity index (χ4n) is 4.73. The van der Waals surface area contributed by atoms with Crippen molar-refractivity contribution in [3.8, 4) is 5.75 Å². The van der Waals surface area contributed by atoms with Crippen molar-refractivity contribution >= 4 is 17.7 Å². The van der Waals surface area contributed by atoms with E-state index in [1.165, 1.54) is 14.2 Å². The number of hydrogen-bond donors (Lipinski definition) is 1. The van der Waals surface area contributed by atoms with Crippen LogP contribution in [0.15, 0.2) is 46.8 Å². The smallest absolute Gasteiger partial charge is 0.336 e. The highest BCUT2D eigenvalue weighted by Crippen LogP contribution is 2.47. The zero-order valence-electron chi connectivity index (χ0n) is 21.1. The SMILES string of the molecule is CCCCOc1ccccc1[C@@H]1C(C(=O)OCCOC)=C(C)NC2=C1C(=O)[C@H](C(=O)OC)[C@H](C)C2. The lowest BCUT2D eigenvalue weighted by Crippen LogP contribution is -2.43. The molecule has 0 amide bonds. The Labute approximate surface area is 206 Å². The van der Waals surface area contributed by atoms with Gasteiger partial charge in [0.15, 0.2) is 5.78 Å². The maximum absolute atomic E-state index is 13.8. The van der Waals surface area contributed by atoms with Crippen molar-refractivity contribution < 1.29 is 33.3 Å². The number of methoxy groups -OCH3 is 2. The molecule has 1 aromatic carbocycles. The summed E-state index contributed by atoms with van der Waals surface area (Å²) in [6, 6.07) is 7.40. The summed E-state index contributed by atoms with van der Waals surface area (Å²) in [5.41, 5.74) is 2.70. The van der Waals surface area contributed by atoms with Crippen molar-refractivity contribution in [2.75, 3.05) is 34.0 Å². The number of nitrogens with one attached hydrogen (secondary N) is 1. The van der Waals surface area contributed by atoms with Crippen molar-refractivity contribution in [3.63, 3.8) is 0 Å². The van der Waals surface area contributed by atoms with Gasteiger partial charge in [0.2, 0.25) is 0 Å². The van der Waals surface area contributed by atoms with Gasteiger partial charge in [-0.1, -0.05) is 38.5 Å². The standard InChI is InChI=1S/C27H35NO7/c1-6-7-12-34-20-11-9-8-10-18(20)23-22(27(31)35-14-13-32-4)17(3)28-19-15-16(2)21(26(30)33-5)25(29)24(19)23/h8-11,16,21,23,28H,6-7,12-15H2,1-5H3/t16-,21-,23-/m1/s1. The Morgan fingerprint density at radius 1 is 1.11 bits per heavy atom. The second kappa shape index (κ2) is 12.0. The van der Waals surface area contributed by atoms with Crippen LogP contribution in [0.3, 0.4) is 0 Å². The number of dihydropyridines is 1. The zero-order valence-corrected chi connectivity index (χ0v) is 21.1. The summed E-state index contributed by atoms with van der Waals surface area (Å²) in [5, 5.41) is 3.26. The number of rotatable bonds is 10. The van der Waals surface area contributed by atoms with Gasteiger partial charge in [-0.25, -0.2) is 4.79 Å². The Balaban J connectivity index is 2.14. The van der Waals surface area contributed by atoms with Gasteiger partial charge in [-0.15, -0.1) is 0 Å². The minimum absolute atomic E-state index is 0.0785. The number of Topliss-reactive ketones (excluding diaryl/α,β-unsaturated/α-hetero) is 1. The van der Waals surface area contributed by atoms with Crippen molar-refractivity contribution in [1.29, 1.82) is 0 Å². The first kappa shape index (κ1) is 26.5. The number of benzene rings is 1. The summed E-state index contributed by atoms with van der Waals surface area (Å²) in [6.45, 7) is 6.57. The van der Waals surface area contributed by atoms with E-state index in [1.54, 1.807) is 6.92 Å². The van der Waals surface area contributed by atoms with Gasteiger partial charge in [0.25, 0.3) is 0 Å². The zero-order chi connectivity index (χ0) is 25.5. The molecule has 8 nitrogen and oxygen atoms in total. The van der Waals surface area contributed by atoms with Gasteiger partial charge < -0.3 is 24.3 Å². The number of para-hydroxylation sites is 1. The highest BCUT2D eigenvalue weighted by molar-refractivity contribution is 6.12. The average Bonchev–Trinajstić information content (AvgIpc) is 2.83. The lowest BCUT2D eigenvalue weighted by molar-refractivity contribution is -0.151. The number of allylic oxidation sites excluding steroid dienone is 3. The van der Waals surface area contributed by atoms with E-state index >= 15 is 0 Å². The normalized spacial score (nSPS) is 21.9. The van der Waals surface area contributed by atoms with E-state index in [4.69, 9.17) is 18.9 Å². The first-order valence-electron chi connectivity index (χ1n) is 12.1. The van der Waals surface area contributed by atoms with E-state index in [9.17, 15) is 14.4 Å². The van der Waals surface area contributed by atoms with Gasteiger partial charge in [0.05, 0.1) is 31.8 Å². The monoisotopic (exact) mass is 485 g/mol. The van der Waals surface area contributed by atoms with Crippen molar-refractivity contribution in [2.45, 2.75) is 46.0 Å². The van der Waals surface area contributed by atoms with Gasteiger partial charge in [-0.05, 0) is 31.7 Å². The third-order valence-corrected chi connectivity index (χ3v) is 6.47. The van der Waals surface area contributed by atoms with Crippen LogP contribution in [0.2, 0.25) is 0 Å². The molecule has 3 rings (SSSR count). The quantitative estimate of drug-likeness (QED) is 0.304. The summed E-state index contributed by atoms with van der Waals surface area (Å²) >= 11 is 0. The molecule has 2 aliphatic rings. The van der Waals surface area contributed by atoms with E-state index in [0.29, 0.717) is 46.9 Å². The first-order chi connectivity index (χ1) is 16.8. The lowest BCUT2D eigenvalue weighted by atomic mass is 9.69. The van der Waals surface area contributed by atoms with E-state index in [0.717, 1.165) is 12.8 Å². The van der Waals surface area contributed by atoms with E-state index in [2.05, 4.69) is 12.2 Å². The first-order valence-corrected chi connectivity index (χ1v) is 12.1. The van der Waals surface area contributed by atoms with Crippen LogP contribution in [0.25, 0.3) is 0 Å². The highest BCUT2D eigenvalue weighted by atomic mass is 16.6. The van der Waals surface area contributed by atoms with E-state index in [-0.39, 0.29) is 24.9 Å². The molecule has 1 aromatic rings. The van der Waals surface area contributed by atoms with Gasteiger partial charge in [-0.2, -0.15) is 0 Å².